The van der Waals surface area contributed by atoms with Gasteiger partial charge in [-0.25, -0.2) is 13.1 Å². The Morgan fingerprint density at radius 1 is 1.05 bits per heavy atom. The summed E-state index contributed by atoms with van der Waals surface area (Å²) < 4.78 is 26.9. The van der Waals surface area contributed by atoms with Crippen LogP contribution in [0.2, 0.25) is 0 Å². The van der Waals surface area contributed by atoms with Gasteiger partial charge in [0, 0.05) is 6.04 Å². The van der Waals surface area contributed by atoms with Gasteiger partial charge in [0.25, 0.3) is 0 Å². The van der Waals surface area contributed by atoms with Crippen molar-refractivity contribution < 1.29 is 13.5 Å². The minimum Gasteiger partial charge on any atom is -0.392 e. The molecule has 0 bridgehead atoms. The van der Waals surface area contributed by atoms with Crippen LogP contribution in [-0.2, 0) is 22.4 Å². The molecule has 4 nitrogen and oxygen atoms in total. The van der Waals surface area contributed by atoms with Crippen LogP contribution in [0.1, 0.15) is 51.2 Å². The van der Waals surface area contributed by atoms with E-state index >= 15 is 0 Å². The third-order valence-electron chi connectivity index (χ3n) is 3.36. The maximum absolute atomic E-state index is 12.1. The van der Waals surface area contributed by atoms with Crippen molar-refractivity contribution in [3.63, 3.8) is 0 Å². The monoisotopic (exact) mass is 313 g/mol. The van der Waals surface area contributed by atoms with Crippen molar-refractivity contribution >= 4 is 10.0 Å². The van der Waals surface area contributed by atoms with Crippen LogP contribution >= 0.6 is 0 Å². The molecule has 1 rings (SSSR count). The van der Waals surface area contributed by atoms with Gasteiger partial charge in [0.2, 0.25) is 10.0 Å². The lowest BCUT2D eigenvalue weighted by atomic mass is 10.0. The lowest BCUT2D eigenvalue weighted by Crippen LogP contribution is -2.33. The van der Waals surface area contributed by atoms with E-state index in [-0.39, 0.29) is 18.4 Å². The topological polar surface area (TPSA) is 66.4 Å². The summed E-state index contributed by atoms with van der Waals surface area (Å²) in [5, 5.41) is 8.97. The molecule has 0 saturated heterocycles. The number of nitrogens with one attached hydrogen (secondary N) is 1. The van der Waals surface area contributed by atoms with Gasteiger partial charge >= 0.3 is 0 Å². The van der Waals surface area contributed by atoms with E-state index in [4.69, 9.17) is 5.11 Å². The standard InChI is InChI=1S/C16H27NO3S/c1-13(2)5-4-6-14(3)17-21(19,20)12-16-9-7-15(11-18)8-10-16/h7-10,13-14,17-18H,4-6,11-12H2,1-3H3. The van der Waals surface area contributed by atoms with Crippen molar-refractivity contribution in [3.8, 4) is 0 Å². The third-order valence-corrected chi connectivity index (χ3v) is 4.84. The van der Waals surface area contributed by atoms with Crippen molar-refractivity contribution in [1.29, 1.82) is 0 Å². The van der Waals surface area contributed by atoms with E-state index in [9.17, 15) is 8.42 Å². The molecule has 0 spiro atoms. The molecule has 1 aromatic rings. The molecule has 1 aromatic carbocycles. The van der Waals surface area contributed by atoms with Crippen LogP contribution in [0.5, 0.6) is 0 Å². The molecule has 0 aromatic heterocycles. The van der Waals surface area contributed by atoms with Crippen LogP contribution in [0.3, 0.4) is 0 Å². The van der Waals surface area contributed by atoms with Crippen molar-refractivity contribution in [1.82, 2.24) is 4.72 Å². The summed E-state index contributed by atoms with van der Waals surface area (Å²) in [6.45, 7) is 6.22. The fourth-order valence-corrected chi connectivity index (χ4v) is 3.65. The van der Waals surface area contributed by atoms with Gasteiger partial charge in [0.1, 0.15) is 0 Å². The summed E-state index contributed by atoms with van der Waals surface area (Å²) in [5.41, 5.74) is 1.51. The van der Waals surface area contributed by atoms with Crippen LogP contribution in [0, 0.1) is 5.92 Å². The normalized spacial score (nSPS) is 13.6. The smallest absolute Gasteiger partial charge is 0.216 e. The lowest BCUT2D eigenvalue weighted by Gasteiger charge is -2.15. The van der Waals surface area contributed by atoms with Gasteiger partial charge in [0.05, 0.1) is 12.4 Å². The zero-order valence-electron chi connectivity index (χ0n) is 13.2. The predicted octanol–water partition coefficient (Wildman–Crippen LogP) is 2.81. The summed E-state index contributed by atoms with van der Waals surface area (Å²) in [7, 11) is -3.32. The number of aliphatic hydroxyl groups is 1. The van der Waals surface area contributed by atoms with Crippen molar-refractivity contribution in [3.05, 3.63) is 35.4 Å². The summed E-state index contributed by atoms with van der Waals surface area (Å²) in [6, 6.07) is 6.95. The molecule has 1 atom stereocenters. The molecular formula is C16H27NO3S. The molecule has 1 unspecified atom stereocenters. The first kappa shape index (κ1) is 18.1. The second-order valence-corrected chi connectivity index (χ2v) is 7.83. The van der Waals surface area contributed by atoms with Crippen molar-refractivity contribution in [2.24, 2.45) is 5.92 Å². The highest BCUT2D eigenvalue weighted by atomic mass is 32.2. The molecule has 5 heteroatoms. The number of rotatable bonds is 9. The Balaban J connectivity index is 2.48. The molecule has 0 amide bonds. The molecule has 21 heavy (non-hydrogen) atoms. The molecule has 0 aliphatic carbocycles. The number of aliphatic hydroxyl groups excluding tert-OH is 1. The summed E-state index contributed by atoms with van der Waals surface area (Å²) in [5.74, 6) is 0.631. The Hall–Kier alpha value is -0.910. The SMILES string of the molecule is CC(C)CCCC(C)NS(=O)(=O)Cc1ccc(CO)cc1. The number of benzene rings is 1. The van der Waals surface area contributed by atoms with E-state index in [0.717, 1.165) is 30.4 Å². The molecule has 2 N–H and O–H groups in total. The molecule has 0 fully saturated rings. The first-order valence-corrected chi connectivity index (χ1v) is 9.16. The Morgan fingerprint density at radius 3 is 2.14 bits per heavy atom. The minimum absolute atomic E-state index is 0.0206. The van der Waals surface area contributed by atoms with Gasteiger partial charge in [-0.15, -0.1) is 0 Å². The fourth-order valence-electron chi connectivity index (χ4n) is 2.20. The summed E-state index contributed by atoms with van der Waals surface area (Å²) >= 11 is 0. The maximum atomic E-state index is 12.1. The Morgan fingerprint density at radius 2 is 1.62 bits per heavy atom. The molecular weight excluding hydrogens is 286 g/mol. The largest absolute Gasteiger partial charge is 0.392 e. The van der Waals surface area contributed by atoms with E-state index in [1.54, 1.807) is 24.3 Å². The van der Waals surface area contributed by atoms with E-state index in [0.29, 0.717) is 5.92 Å². The summed E-state index contributed by atoms with van der Waals surface area (Å²) in [4.78, 5) is 0. The molecule has 0 radical (unpaired) electrons. The predicted molar refractivity (Wildman–Crippen MR) is 86.3 cm³/mol. The van der Waals surface area contributed by atoms with Gasteiger partial charge in [-0.3, -0.25) is 0 Å². The van der Waals surface area contributed by atoms with Gasteiger partial charge in [0.15, 0.2) is 0 Å². The number of hydrogen-bond acceptors (Lipinski definition) is 3. The molecule has 120 valence electrons. The average Bonchev–Trinajstić information content (AvgIpc) is 2.38. The fraction of sp³-hybridized carbons (Fsp3) is 0.625. The molecule has 0 heterocycles. The van der Waals surface area contributed by atoms with Crippen LogP contribution in [0.4, 0.5) is 0 Å². The molecule has 0 aliphatic heterocycles. The van der Waals surface area contributed by atoms with Gasteiger partial charge < -0.3 is 5.11 Å². The highest BCUT2D eigenvalue weighted by molar-refractivity contribution is 7.88. The van der Waals surface area contributed by atoms with Crippen LogP contribution < -0.4 is 4.72 Å². The maximum Gasteiger partial charge on any atom is 0.216 e. The third kappa shape index (κ3) is 7.60. The van der Waals surface area contributed by atoms with E-state index < -0.39 is 10.0 Å². The zero-order chi connectivity index (χ0) is 15.9. The average molecular weight is 313 g/mol. The van der Waals surface area contributed by atoms with E-state index in [2.05, 4.69) is 18.6 Å². The Labute approximate surface area is 128 Å². The second kappa shape index (κ2) is 8.51. The van der Waals surface area contributed by atoms with Gasteiger partial charge in [-0.05, 0) is 30.4 Å². The van der Waals surface area contributed by atoms with Crippen LogP contribution in [0.15, 0.2) is 24.3 Å². The van der Waals surface area contributed by atoms with E-state index in [1.807, 2.05) is 6.92 Å². The zero-order valence-corrected chi connectivity index (χ0v) is 14.0. The van der Waals surface area contributed by atoms with E-state index in [1.165, 1.54) is 0 Å². The Bertz CT molecular complexity index is 509. The molecule has 0 saturated carbocycles. The minimum atomic E-state index is -3.32. The van der Waals surface area contributed by atoms with Crippen LogP contribution in [-0.4, -0.2) is 19.6 Å². The van der Waals surface area contributed by atoms with Gasteiger partial charge in [-0.2, -0.15) is 0 Å². The second-order valence-electron chi connectivity index (χ2n) is 6.08. The van der Waals surface area contributed by atoms with Gasteiger partial charge in [-0.1, -0.05) is 51.0 Å². The first-order chi connectivity index (χ1) is 9.82. The quantitative estimate of drug-likeness (QED) is 0.736. The van der Waals surface area contributed by atoms with Crippen LogP contribution in [0.25, 0.3) is 0 Å². The van der Waals surface area contributed by atoms with Crippen molar-refractivity contribution in [2.45, 2.75) is 58.4 Å². The first-order valence-electron chi connectivity index (χ1n) is 7.51. The highest BCUT2D eigenvalue weighted by Crippen LogP contribution is 2.11. The highest BCUT2D eigenvalue weighted by Gasteiger charge is 2.15. The number of hydrogen-bond donors (Lipinski definition) is 2. The Kier molecular flexibility index (Phi) is 7.35. The number of sulfonamides is 1. The molecule has 0 aliphatic rings. The lowest BCUT2D eigenvalue weighted by molar-refractivity contribution is 0.282. The summed E-state index contributed by atoms with van der Waals surface area (Å²) in [6.07, 6.45) is 3.02. The van der Waals surface area contributed by atoms with Crippen molar-refractivity contribution in [2.75, 3.05) is 0 Å².